The van der Waals surface area contributed by atoms with Crippen LogP contribution in [-0.2, 0) is 4.79 Å². The Morgan fingerprint density at radius 2 is 1.87 bits per heavy atom. The number of hydrogen-bond donors (Lipinski definition) is 0. The lowest BCUT2D eigenvalue weighted by atomic mass is 9.94. The molecule has 4 nitrogen and oxygen atoms in total. The van der Waals surface area contributed by atoms with Crippen LogP contribution in [0, 0.1) is 24.1 Å². The van der Waals surface area contributed by atoms with Crippen LogP contribution in [0.3, 0.4) is 0 Å². The molecule has 23 heavy (non-hydrogen) atoms. The molecule has 0 spiro atoms. The van der Waals surface area contributed by atoms with Crippen molar-refractivity contribution in [1.29, 1.82) is 0 Å². The molecule has 3 rings (SSSR count). The minimum Gasteiger partial charge on any atom is -0.299 e. The summed E-state index contributed by atoms with van der Waals surface area (Å²) in [6, 6.07) is 2.97. The highest BCUT2D eigenvalue weighted by Crippen LogP contribution is 2.32. The van der Waals surface area contributed by atoms with Crippen molar-refractivity contribution >= 4 is 12.1 Å². The highest BCUT2D eigenvalue weighted by molar-refractivity contribution is 5.82. The van der Waals surface area contributed by atoms with Gasteiger partial charge < -0.3 is 0 Å². The fourth-order valence-corrected chi connectivity index (χ4v) is 3.26. The molecule has 1 amide bonds. The van der Waals surface area contributed by atoms with Crippen LogP contribution in [0.4, 0.5) is 8.78 Å². The third-order valence-electron chi connectivity index (χ3n) is 4.57. The van der Waals surface area contributed by atoms with Crippen LogP contribution < -0.4 is 0 Å². The molecule has 1 saturated heterocycles. The highest BCUT2D eigenvalue weighted by atomic mass is 19.1. The van der Waals surface area contributed by atoms with Crippen LogP contribution >= 0.6 is 0 Å². The average molecular weight is 320 g/mol. The molecule has 2 aliphatic rings. The summed E-state index contributed by atoms with van der Waals surface area (Å²) in [5.74, 6) is -1.40. The van der Waals surface area contributed by atoms with Gasteiger partial charge in [0, 0.05) is 31.2 Å². The Hall–Kier alpha value is -1.82. The number of amides is 1. The van der Waals surface area contributed by atoms with Gasteiger partial charge in [0.25, 0.3) is 0 Å². The molecule has 2 aliphatic heterocycles. The minimum atomic E-state index is -0.633. The number of piperidine rings is 1. The largest absolute Gasteiger partial charge is 0.299 e. The maximum atomic E-state index is 13.5. The molecule has 1 aromatic rings. The van der Waals surface area contributed by atoms with E-state index in [1.54, 1.807) is 6.21 Å². The lowest BCUT2D eigenvalue weighted by Gasteiger charge is -2.33. The molecule has 0 aromatic heterocycles. The number of likely N-dealkylation sites (tertiary alicyclic amines) is 1. The van der Waals surface area contributed by atoms with Crippen molar-refractivity contribution < 1.29 is 13.6 Å². The van der Waals surface area contributed by atoms with Crippen molar-refractivity contribution in [1.82, 2.24) is 9.91 Å². The van der Waals surface area contributed by atoms with Crippen molar-refractivity contribution in [2.45, 2.75) is 32.2 Å². The SMILES string of the molecule is C[CH]N1CCC(C(=O)N2N=CCC2c2cc(F)cc(F)c2)CC1. The maximum Gasteiger partial charge on any atom is 0.246 e. The zero-order valence-electron chi connectivity index (χ0n) is 13.1. The van der Waals surface area contributed by atoms with Crippen LogP contribution in [0.15, 0.2) is 23.3 Å². The van der Waals surface area contributed by atoms with Crippen LogP contribution in [0.2, 0.25) is 0 Å². The van der Waals surface area contributed by atoms with Gasteiger partial charge >= 0.3 is 0 Å². The molecule has 0 aliphatic carbocycles. The van der Waals surface area contributed by atoms with Crippen molar-refractivity contribution in [3.05, 3.63) is 41.9 Å². The summed E-state index contributed by atoms with van der Waals surface area (Å²) in [6.45, 7) is 5.72. The third kappa shape index (κ3) is 3.42. The Morgan fingerprint density at radius 1 is 1.22 bits per heavy atom. The second-order valence-electron chi connectivity index (χ2n) is 6.00. The molecule has 0 bridgehead atoms. The molecule has 6 heteroatoms. The van der Waals surface area contributed by atoms with Crippen LogP contribution in [0.25, 0.3) is 0 Å². The van der Waals surface area contributed by atoms with E-state index < -0.39 is 17.7 Å². The van der Waals surface area contributed by atoms with E-state index in [2.05, 4.69) is 10.0 Å². The van der Waals surface area contributed by atoms with Gasteiger partial charge in [0.2, 0.25) is 5.91 Å². The first-order valence-electron chi connectivity index (χ1n) is 7.93. The van der Waals surface area contributed by atoms with Gasteiger partial charge in [-0.15, -0.1) is 0 Å². The molecule has 1 atom stereocenters. The quantitative estimate of drug-likeness (QED) is 0.858. The summed E-state index contributed by atoms with van der Waals surface area (Å²) >= 11 is 0. The number of nitrogens with zero attached hydrogens (tertiary/aromatic N) is 3. The second-order valence-corrected chi connectivity index (χ2v) is 6.00. The fourth-order valence-electron chi connectivity index (χ4n) is 3.26. The first kappa shape index (κ1) is 16.1. The van der Waals surface area contributed by atoms with Gasteiger partial charge in [-0.05, 0) is 50.6 Å². The maximum absolute atomic E-state index is 13.5. The average Bonchev–Trinajstić information content (AvgIpc) is 3.03. The van der Waals surface area contributed by atoms with Crippen molar-refractivity contribution in [3.63, 3.8) is 0 Å². The number of hydrogen-bond acceptors (Lipinski definition) is 3. The monoisotopic (exact) mass is 320 g/mol. The number of benzene rings is 1. The Kier molecular flexibility index (Phi) is 4.71. The third-order valence-corrected chi connectivity index (χ3v) is 4.57. The van der Waals surface area contributed by atoms with Crippen molar-refractivity contribution in [2.75, 3.05) is 13.1 Å². The highest BCUT2D eigenvalue weighted by Gasteiger charge is 2.34. The zero-order valence-corrected chi connectivity index (χ0v) is 13.1. The molecule has 1 radical (unpaired) electrons. The van der Waals surface area contributed by atoms with Gasteiger partial charge in [-0.2, -0.15) is 5.10 Å². The van der Waals surface area contributed by atoms with E-state index in [4.69, 9.17) is 0 Å². The predicted molar refractivity (Wildman–Crippen MR) is 83.3 cm³/mol. The molecule has 1 unspecified atom stereocenters. The van der Waals surface area contributed by atoms with Crippen LogP contribution in [0.1, 0.15) is 37.8 Å². The van der Waals surface area contributed by atoms with E-state index in [1.165, 1.54) is 17.1 Å². The van der Waals surface area contributed by atoms with Gasteiger partial charge in [-0.25, -0.2) is 13.8 Å². The minimum absolute atomic E-state index is 0.0517. The smallest absolute Gasteiger partial charge is 0.246 e. The Morgan fingerprint density at radius 3 is 2.48 bits per heavy atom. The van der Waals surface area contributed by atoms with Crippen molar-refractivity contribution in [3.8, 4) is 0 Å². The van der Waals surface area contributed by atoms with E-state index in [9.17, 15) is 13.6 Å². The summed E-state index contributed by atoms with van der Waals surface area (Å²) in [7, 11) is 0. The summed E-state index contributed by atoms with van der Waals surface area (Å²) < 4.78 is 26.9. The lowest BCUT2D eigenvalue weighted by molar-refractivity contribution is -0.138. The Labute approximate surface area is 134 Å². The van der Waals surface area contributed by atoms with E-state index in [0.29, 0.717) is 12.0 Å². The second kappa shape index (κ2) is 6.74. The number of hydrazone groups is 1. The molecule has 0 N–H and O–H groups in total. The predicted octanol–water partition coefficient (Wildman–Crippen LogP) is 3.12. The van der Waals surface area contributed by atoms with Gasteiger partial charge in [0.1, 0.15) is 11.6 Å². The molecule has 1 aromatic carbocycles. The van der Waals surface area contributed by atoms with E-state index in [0.717, 1.165) is 32.0 Å². The number of carbonyl (C=O) groups is 1. The molecule has 2 heterocycles. The fraction of sp³-hybridized carbons (Fsp3) is 0.471. The van der Waals surface area contributed by atoms with E-state index in [-0.39, 0.29) is 11.8 Å². The summed E-state index contributed by atoms with van der Waals surface area (Å²) in [4.78, 5) is 14.9. The van der Waals surface area contributed by atoms with Crippen LogP contribution in [0.5, 0.6) is 0 Å². The Balaban J connectivity index is 1.73. The topological polar surface area (TPSA) is 35.9 Å². The van der Waals surface area contributed by atoms with E-state index >= 15 is 0 Å². The van der Waals surface area contributed by atoms with Gasteiger partial charge in [0.15, 0.2) is 0 Å². The molecular weight excluding hydrogens is 300 g/mol. The normalized spacial score (nSPS) is 22.7. The summed E-state index contributed by atoms with van der Waals surface area (Å²) in [5.41, 5.74) is 0.452. The summed E-state index contributed by atoms with van der Waals surface area (Å²) in [5, 5.41) is 5.57. The molecule has 0 saturated carbocycles. The first-order chi connectivity index (χ1) is 11.1. The Bertz CT molecular complexity index is 592. The number of rotatable bonds is 3. The van der Waals surface area contributed by atoms with Crippen LogP contribution in [-0.4, -0.2) is 35.1 Å². The van der Waals surface area contributed by atoms with Crippen molar-refractivity contribution in [2.24, 2.45) is 11.0 Å². The van der Waals surface area contributed by atoms with Gasteiger partial charge in [0.05, 0.1) is 6.04 Å². The van der Waals surface area contributed by atoms with Gasteiger partial charge in [-0.3, -0.25) is 9.69 Å². The van der Waals surface area contributed by atoms with Gasteiger partial charge in [-0.1, -0.05) is 0 Å². The van der Waals surface area contributed by atoms with E-state index in [1.807, 2.05) is 13.5 Å². The molecular formula is C17H20F2N3O. The lowest BCUT2D eigenvalue weighted by Crippen LogP contribution is -2.40. The standard InChI is InChI=1S/C17H20F2N3O/c1-2-21-7-4-12(5-8-21)17(23)22-16(3-6-20-22)13-9-14(18)11-15(19)10-13/h2,6,9-12,16H,3-5,7-8H2,1H3. The molecule has 1 fully saturated rings. The molecule has 123 valence electrons. The zero-order chi connectivity index (χ0) is 16.4. The first-order valence-corrected chi connectivity index (χ1v) is 7.93. The number of halogens is 2. The summed E-state index contributed by atoms with van der Waals surface area (Å²) in [6.07, 6.45) is 3.68. The number of carbonyl (C=O) groups excluding carboxylic acids is 1.